The number of benzene rings is 2. The number of oxime groups is 1. The third kappa shape index (κ3) is 3.26. The summed E-state index contributed by atoms with van der Waals surface area (Å²) in [7, 11) is 1.57. The number of hydrogen-bond acceptors (Lipinski definition) is 3. The van der Waals surface area contributed by atoms with Crippen molar-refractivity contribution < 1.29 is 9.94 Å². The summed E-state index contributed by atoms with van der Waals surface area (Å²) in [5, 5.41) is 13.6. The summed E-state index contributed by atoms with van der Waals surface area (Å²) in [6.07, 6.45) is 0. The van der Waals surface area contributed by atoms with E-state index in [2.05, 4.69) is 5.16 Å². The lowest BCUT2D eigenvalue weighted by molar-refractivity contribution is 0.319. The first-order valence-corrected chi connectivity index (χ1v) is 7.31. The molecule has 0 atom stereocenters. The van der Waals surface area contributed by atoms with Crippen molar-refractivity contribution in [2.45, 2.75) is 5.88 Å². The number of ether oxygens (including phenoxy) is 1. The number of methoxy groups -OCH3 is 1. The van der Waals surface area contributed by atoms with Gasteiger partial charge in [-0.25, -0.2) is 0 Å². The number of halogens is 3. The minimum atomic E-state index is 0.230. The molecule has 1 N–H and O–H groups in total. The van der Waals surface area contributed by atoms with E-state index in [1.807, 2.05) is 0 Å². The van der Waals surface area contributed by atoms with Gasteiger partial charge in [-0.2, -0.15) is 0 Å². The molecule has 0 bridgehead atoms. The van der Waals surface area contributed by atoms with Gasteiger partial charge < -0.3 is 9.94 Å². The molecule has 0 spiro atoms. The first-order chi connectivity index (χ1) is 10.1. The van der Waals surface area contributed by atoms with Crippen molar-refractivity contribution in [3.63, 3.8) is 0 Å². The van der Waals surface area contributed by atoms with Crippen LogP contribution in [-0.4, -0.2) is 18.0 Å². The molecule has 3 nitrogen and oxygen atoms in total. The van der Waals surface area contributed by atoms with E-state index >= 15 is 0 Å². The van der Waals surface area contributed by atoms with Gasteiger partial charge in [0.15, 0.2) is 0 Å². The fourth-order valence-electron chi connectivity index (χ4n) is 2.00. The normalized spacial score (nSPS) is 11.5. The topological polar surface area (TPSA) is 41.8 Å². The van der Waals surface area contributed by atoms with Crippen LogP contribution in [0.3, 0.4) is 0 Å². The van der Waals surface area contributed by atoms with Gasteiger partial charge in [-0.15, -0.1) is 11.6 Å². The molecule has 21 heavy (non-hydrogen) atoms. The van der Waals surface area contributed by atoms with Crippen molar-refractivity contribution in [3.05, 3.63) is 63.1 Å². The monoisotopic (exact) mass is 343 g/mol. The molecule has 0 saturated carbocycles. The number of alkyl halides is 1. The molecule has 2 aromatic rings. The molecule has 2 rings (SSSR count). The van der Waals surface area contributed by atoms with Crippen LogP contribution in [0.4, 0.5) is 0 Å². The Kier molecular flexibility index (Phi) is 5.34. The quantitative estimate of drug-likeness (QED) is 0.368. The Bertz CT molecular complexity index is 666. The van der Waals surface area contributed by atoms with Crippen LogP contribution in [0, 0.1) is 0 Å². The molecule has 110 valence electrons. The smallest absolute Gasteiger partial charge is 0.120 e. The van der Waals surface area contributed by atoms with Crippen LogP contribution in [-0.2, 0) is 5.88 Å². The maximum atomic E-state index is 9.42. The molecule has 0 saturated heterocycles. The van der Waals surface area contributed by atoms with E-state index in [1.54, 1.807) is 43.5 Å². The number of rotatable bonds is 4. The third-order valence-electron chi connectivity index (χ3n) is 3.01. The second-order valence-corrected chi connectivity index (χ2v) is 5.28. The Balaban J connectivity index is 2.63. The molecule has 2 aromatic carbocycles. The maximum absolute atomic E-state index is 9.42. The highest BCUT2D eigenvalue weighted by atomic mass is 35.5. The van der Waals surface area contributed by atoms with Gasteiger partial charge in [0.2, 0.25) is 0 Å². The molecule has 0 fully saturated rings. The Morgan fingerprint density at radius 3 is 2.38 bits per heavy atom. The lowest BCUT2D eigenvalue weighted by atomic mass is 9.98. The lowest BCUT2D eigenvalue weighted by Crippen LogP contribution is -2.08. The average Bonchev–Trinajstić information content (AvgIpc) is 2.50. The molecular weight excluding hydrogens is 333 g/mol. The van der Waals surface area contributed by atoms with Crippen LogP contribution in [0.2, 0.25) is 10.0 Å². The molecule has 6 heteroatoms. The van der Waals surface area contributed by atoms with E-state index in [1.165, 1.54) is 0 Å². The highest BCUT2D eigenvalue weighted by Gasteiger charge is 2.18. The summed E-state index contributed by atoms with van der Waals surface area (Å²) in [5.41, 5.74) is 2.12. The Morgan fingerprint density at radius 1 is 1.19 bits per heavy atom. The average molecular weight is 345 g/mol. The predicted octanol–water partition coefficient (Wildman–Crippen LogP) is 4.97. The Hall–Kier alpha value is -1.42. The summed E-state index contributed by atoms with van der Waals surface area (Å²) < 4.78 is 5.17. The fourth-order valence-corrected chi connectivity index (χ4v) is 2.80. The number of hydrogen-bond donors (Lipinski definition) is 1. The zero-order valence-electron chi connectivity index (χ0n) is 11.1. The summed E-state index contributed by atoms with van der Waals surface area (Å²) in [5.74, 6) is 0.894. The zero-order valence-corrected chi connectivity index (χ0v) is 13.4. The summed E-state index contributed by atoms with van der Waals surface area (Å²) in [6, 6.07) is 10.4. The summed E-state index contributed by atoms with van der Waals surface area (Å²) >= 11 is 18.3. The van der Waals surface area contributed by atoms with Crippen molar-refractivity contribution in [3.8, 4) is 5.75 Å². The van der Waals surface area contributed by atoms with Crippen molar-refractivity contribution in [1.82, 2.24) is 0 Å². The zero-order chi connectivity index (χ0) is 15.4. The van der Waals surface area contributed by atoms with Gasteiger partial charge in [0, 0.05) is 17.0 Å². The molecule has 0 aliphatic carbocycles. The van der Waals surface area contributed by atoms with Gasteiger partial charge >= 0.3 is 0 Å². The highest BCUT2D eigenvalue weighted by Crippen LogP contribution is 2.30. The van der Waals surface area contributed by atoms with Crippen molar-refractivity contribution in [2.24, 2.45) is 5.16 Å². The number of nitrogens with zero attached hydrogens (tertiary/aromatic N) is 1. The standard InChI is InChI=1S/C15H12Cl3NO2/c1-21-10-5-6-11(9(7-10)8-16)15(19-20)14-12(17)3-2-4-13(14)18/h2-7,20H,8H2,1H3/b19-15+. The molecule has 0 aliphatic rings. The molecule has 0 aromatic heterocycles. The molecule has 0 amide bonds. The second kappa shape index (κ2) is 7.03. The Labute approximate surface area is 137 Å². The highest BCUT2D eigenvalue weighted by molar-refractivity contribution is 6.41. The van der Waals surface area contributed by atoms with Crippen molar-refractivity contribution in [1.29, 1.82) is 0 Å². The van der Waals surface area contributed by atoms with Gasteiger partial charge in [0.1, 0.15) is 11.5 Å². The SMILES string of the molecule is COc1ccc(/C(=N\O)c2c(Cl)cccc2Cl)c(CCl)c1. The molecule has 0 aliphatic heterocycles. The van der Waals surface area contributed by atoms with Crippen LogP contribution in [0.1, 0.15) is 16.7 Å². The fraction of sp³-hybridized carbons (Fsp3) is 0.133. The maximum Gasteiger partial charge on any atom is 0.120 e. The van der Waals surface area contributed by atoms with Gasteiger partial charge in [0.05, 0.1) is 17.2 Å². The van der Waals surface area contributed by atoms with Crippen molar-refractivity contribution in [2.75, 3.05) is 7.11 Å². The van der Waals surface area contributed by atoms with E-state index in [0.29, 0.717) is 26.9 Å². The van der Waals surface area contributed by atoms with Gasteiger partial charge in [-0.1, -0.05) is 34.4 Å². The Morgan fingerprint density at radius 2 is 1.86 bits per heavy atom. The van der Waals surface area contributed by atoms with E-state index < -0.39 is 0 Å². The third-order valence-corrected chi connectivity index (χ3v) is 3.93. The minimum absolute atomic E-state index is 0.230. The molecule has 0 heterocycles. The molecule has 0 radical (unpaired) electrons. The lowest BCUT2D eigenvalue weighted by Gasteiger charge is -2.13. The van der Waals surface area contributed by atoms with Crippen LogP contribution in [0.5, 0.6) is 5.75 Å². The second-order valence-electron chi connectivity index (χ2n) is 4.20. The van der Waals surface area contributed by atoms with Crippen LogP contribution in [0.25, 0.3) is 0 Å². The van der Waals surface area contributed by atoms with Gasteiger partial charge in [-0.3, -0.25) is 0 Å². The van der Waals surface area contributed by atoms with E-state index in [0.717, 1.165) is 5.56 Å². The summed E-state index contributed by atoms with van der Waals surface area (Å²) in [6.45, 7) is 0. The molecule has 0 unspecified atom stereocenters. The first kappa shape index (κ1) is 16.0. The van der Waals surface area contributed by atoms with Crippen LogP contribution in [0.15, 0.2) is 41.6 Å². The van der Waals surface area contributed by atoms with E-state index in [4.69, 9.17) is 39.5 Å². The van der Waals surface area contributed by atoms with Crippen LogP contribution < -0.4 is 4.74 Å². The van der Waals surface area contributed by atoms with Crippen molar-refractivity contribution >= 4 is 40.5 Å². The summed E-state index contributed by atoms with van der Waals surface area (Å²) in [4.78, 5) is 0. The van der Waals surface area contributed by atoms with Crippen LogP contribution >= 0.6 is 34.8 Å². The first-order valence-electron chi connectivity index (χ1n) is 6.02. The van der Waals surface area contributed by atoms with E-state index in [9.17, 15) is 5.21 Å². The van der Waals surface area contributed by atoms with Gasteiger partial charge in [-0.05, 0) is 35.9 Å². The van der Waals surface area contributed by atoms with E-state index in [-0.39, 0.29) is 11.6 Å². The predicted molar refractivity (Wildman–Crippen MR) is 86.4 cm³/mol. The largest absolute Gasteiger partial charge is 0.497 e. The molecular formula is C15H12Cl3NO2. The van der Waals surface area contributed by atoms with Gasteiger partial charge in [0.25, 0.3) is 0 Å². The minimum Gasteiger partial charge on any atom is -0.497 e.